The van der Waals surface area contributed by atoms with Crippen LogP contribution in [0.25, 0.3) is 0 Å². The minimum absolute atomic E-state index is 0.520. The summed E-state index contributed by atoms with van der Waals surface area (Å²) in [4.78, 5) is 6.40. The van der Waals surface area contributed by atoms with Crippen molar-refractivity contribution in [2.45, 2.75) is 13.2 Å². The minimum atomic E-state index is 0.520. The van der Waals surface area contributed by atoms with E-state index >= 15 is 0 Å². The first kappa shape index (κ1) is 20.6. The van der Waals surface area contributed by atoms with Gasteiger partial charge < -0.3 is 24.4 Å². The van der Waals surface area contributed by atoms with Gasteiger partial charge >= 0.3 is 0 Å². The lowest BCUT2D eigenvalue weighted by atomic mass is 10.2. The van der Waals surface area contributed by atoms with Gasteiger partial charge in [0.25, 0.3) is 0 Å². The number of ether oxygens (including phenoxy) is 3. The molecule has 0 atom stereocenters. The molecule has 2 rings (SSSR count). The molecular weight excluding hydrogens is 342 g/mol. The standard InChI is InChI=1S/C21H29N3O3/c1-22-21(24(2)15-17-9-11-19(25-3)12-10-17)23-13-14-27-16-18-7-5-6-8-20(18)26-4/h5-12H,13-16H2,1-4H3,(H,22,23). The lowest BCUT2D eigenvalue weighted by molar-refractivity contribution is 0.123. The zero-order valence-electron chi connectivity index (χ0n) is 16.6. The van der Waals surface area contributed by atoms with Crippen molar-refractivity contribution in [3.05, 3.63) is 59.7 Å². The van der Waals surface area contributed by atoms with Crippen LogP contribution in [0.5, 0.6) is 11.5 Å². The Kier molecular flexibility index (Phi) is 8.45. The Morgan fingerprint density at radius 1 is 1.04 bits per heavy atom. The predicted octanol–water partition coefficient (Wildman–Crippen LogP) is 2.93. The molecule has 0 spiro atoms. The molecule has 0 heterocycles. The molecule has 0 aliphatic rings. The number of hydrogen-bond acceptors (Lipinski definition) is 4. The van der Waals surface area contributed by atoms with Crippen LogP contribution in [0.2, 0.25) is 0 Å². The molecule has 6 heteroatoms. The monoisotopic (exact) mass is 371 g/mol. The zero-order valence-corrected chi connectivity index (χ0v) is 16.6. The summed E-state index contributed by atoms with van der Waals surface area (Å²) in [5.41, 5.74) is 2.23. The van der Waals surface area contributed by atoms with Crippen LogP contribution in [0, 0.1) is 0 Å². The van der Waals surface area contributed by atoms with Gasteiger partial charge in [0.15, 0.2) is 5.96 Å². The van der Waals surface area contributed by atoms with E-state index in [0.29, 0.717) is 19.8 Å². The van der Waals surface area contributed by atoms with Crippen molar-refractivity contribution in [1.29, 1.82) is 0 Å². The van der Waals surface area contributed by atoms with Crippen LogP contribution >= 0.6 is 0 Å². The molecule has 0 saturated carbocycles. The van der Waals surface area contributed by atoms with Gasteiger partial charge in [0.2, 0.25) is 0 Å². The number of nitrogens with one attached hydrogen (secondary N) is 1. The highest BCUT2D eigenvalue weighted by Crippen LogP contribution is 2.17. The van der Waals surface area contributed by atoms with Crippen molar-refractivity contribution in [3.63, 3.8) is 0 Å². The largest absolute Gasteiger partial charge is 0.497 e. The number of aliphatic imine (C=N–C) groups is 1. The Labute approximate surface area is 161 Å². The third-order valence-electron chi connectivity index (χ3n) is 4.13. The van der Waals surface area contributed by atoms with Crippen molar-refractivity contribution >= 4 is 5.96 Å². The van der Waals surface area contributed by atoms with Crippen molar-refractivity contribution in [3.8, 4) is 11.5 Å². The van der Waals surface area contributed by atoms with E-state index in [1.165, 1.54) is 5.56 Å². The van der Waals surface area contributed by atoms with E-state index in [9.17, 15) is 0 Å². The van der Waals surface area contributed by atoms with E-state index in [1.54, 1.807) is 21.3 Å². The maximum absolute atomic E-state index is 5.75. The van der Waals surface area contributed by atoms with Gasteiger partial charge in [0.05, 0.1) is 27.4 Å². The van der Waals surface area contributed by atoms with Gasteiger partial charge in [-0.1, -0.05) is 30.3 Å². The summed E-state index contributed by atoms with van der Waals surface area (Å²) in [6, 6.07) is 15.9. The molecule has 146 valence electrons. The highest BCUT2D eigenvalue weighted by atomic mass is 16.5. The number of benzene rings is 2. The van der Waals surface area contributed by atoms with Gasteiger partial charge in [-0.15, -0.1) is 0 Å². The second kappa shape index (κ2) is 11.1. The number of guanidine groups is 1. The lowest BCUT2D eigenvalue weighted by Gasteiger charge is -2.22. The highest BCUT2D eigenvalue weighted by Gasteiger charge is 2.07. The average Bonchev–Trinajstić information content (AvgIpc) is 2.71. The number of nitrogens with zero attached hydrogens (tertiary/aromatic N) is 2. The molecule has 0 amide bonds. The second-order valence-electron chi connectivity index (χ2n) is 6.04. The first-order valence-corrected chi connectivity index (χ1v) is 8.92. The van der Waals surface area contributed by atoms with Gasteiger partial charge in [-0.3, -0.25) is 4.99 Å². The predicted molar refractivity (Wildman–Crippen MR) is 108 cm³/mol. The van der Waals surface area contributed by atoms with Crippen LogP contribution in [-0.4, -0.2) is 52.3 Å². The smallest absolute Gasteiger partial charge is 0.193 e. The maximum atomic E-state index is 5.75. The van der Waals surface area contributed by atoms with Crippen molar-refractivity contribution < 1.29 is 14.2 Å². The van der Waals surface area contributed by atoms with Crippen LogP contribution < -0.4 is 14.8 Å². The van der Waals surface area contributed by atoms with E-state index < -0.39 is 0 Å². The molecule has 27 heavy (non-hydrogen) atoms. The van der Waals surface area contributed by atoms with E-state index in [4.69, 9.17) is 14.2 Å². The Morgan fingerprint density at radius 3 is 2.44 bits per heavy atom. The van der Waals surface area contributed by atoms with E-state index in [2.05, 4.69) is 27.3 Å². The fourth-order valence-corrected chi connectivity index (χ4v) is 2.70. The summed E-state index contributed by atoms with van der Waals surface area (Å²) in [5, 5.41) is 3.32. The molecule has 0 aliphatic heterocycles. The van der Waals surface area contributed by atoms with Gasteiger partial charge in [-0.2, -0.15) is 0 Å². The summed E-state index contributed by atoms with van der Waals surface area (Å²) < 4.78 is 16.3. The molecule has 0 unspecified atom stereocenters. The van der Waals surface area contributed by atoms with Gasteiger partial charge in [0, 0.05) is 32.7 Å². The number of para-hydroxylation sites is 1. The van der Waals surface area contributed by atoms with Crippen LogP contribution in [-0.2, 0) is 17.9 Å². The minimum Gasteiger partial charge on any atom is -0.497 e. The van der Waals surface area contributed by atoms with E-state index in [-0.39, 0.29) is 0 Å². The van der Waals surface area contributed by atoms with Crippen molar-refractivity contribution in [2.24, 2.45) is 4.99 Å². The first-order chi connectivity index (χ1) is 13.2. The Balaban J connectivity index is 1.74. The van der Waals surface area contributed by atoms with Gasteiger partial charge in [0.1, 0.15) is 11.5 Å². The summed E-state index contributed by atoms with van der Waals surface area (Å²) >= 11 is 0. The molecule has 0 aliphatic carbocycles. The third kappa shape index (κ3) is 6.49. The topological polar surface area (TPSA) is 55.3 Å². The Morgan fingerprint density at radius 2 is 1.78 bits per heavy atom. The molecule has 0 radical (unpaired) electrons. The molecule has 6 nitrogen and oxygen atoms in total. The Hall–Kier alpha value is -2.73. The SMILES string of the molecule is CN=C(NCCOCc1ccccc1OC)N(C)Cc1ccc(OC)cc1. The molecule has 0 fully saturated rings. The summed E-state index contributed by atoms with van der Waals surface area (Å²) in [6.45, 7) is 2.53. The molecule has 0 saturated heterocycles. The summed E-state index contributed by atoms with van der Waals surface area (Å²) in [6.07, 6.45) is 0. The molecule has 0 bridgehead atoms. The number of hydrogen-bond donors (Lipinski definition) is 1. The zero-order chi connectivity index (χ0) is 19.5. The molecule has 2 aromatic carbocycles. The first-order valence-electron chi connectivity index (χ1n) is 8.92. The number of methoxy groups -OCH3 is 2. The lowest BCUT2D eigenvalue weighted by Crippen LogP contribution is -2.39. The molecule has 1 N–H and O–H groups in total. The van der Waals surface area contributed by atoms with Gasteiger partial charge in [-0.25, -0.2) is 0 Å². The van der Waals surface area contributed by atoms with Crippen LogP contribution in [0.15, 0.2) is 53.5 Å². The number of rotatable bonds is 9. The van der Waals surface area contributed by atoms with Crippen molar-refractivity contribution in [2.75, 3.05) is 41.5 Å². The quantitative estimate of drug-likeness (QED) is 0.417. The molecule has 0 aromatic heterocycles. The molecule has 2 aromatic rings. The normalized spacial score (nSPS) is 11.2. The van der Waals surface area contributed by atoms with Crippen LogP contribution in [0.1, 0.15) is 11.1 Å². The van der Waals surface area contributed by atoms with Crippen LogP contribution in [0.3, 0.4) is 0 Å². The summed E-state index contributed by atoms with van der Waals surface area (Å²) in [7, 11) is 7.13. The fourth-order valence-electron chi connectivity index (χ4n) is 2.70. The van der Waals surface area contributed by atoms with E-state index in [1.807, 2.05) is 43.4 Å². The van der Waals surface area contributed by atoms with E-state index in [0.717, 1.165) is 29.6 Å². The second-order valence-corrected chi connectivity index (χ2v) is 6.04. The third-order valence-corrected chi connectivity index (χ3v) is 4.13. The van der Waals surface area contributed by atoms with Crippen LogP contribution in [0.4, 0.5) is 0 Å². The average molecular weight is 371 g/mol. The maximum Gasteiger partial charge on any atom is 0.193 e. The Bertz CT molecular complexity index is 717. The highest BCUT2D eigenvalue weighted by molar-refractivity contribution is 5.79. The van der Waals surface area contributed by atoms with Crippen molar-refractivity contribution in [1.82, 2.24) is 10.2 Å². The fraction of sp³-hybridized carbons (Fsp3) is 0.381. The molecular formula is C21H29N3O3. The van der Waals surface area contributed by atoms with Gasteiger partial charge in [-0.05, 0) is 23.8 Å². The summed E-state index contributed by atoms with van der Waals surface area (Å²) in [5.74, 6) is 2.53.